The lowest BCUT2D eigenvalue weighted by atomic mass is 10.0. The van der Waals surface area contributed by atoms with Crippen molar-refractivity contribution in [2.24, 2.45) is 11.8 Å². The van der Waals surface area contributed by atoms with Gasteiger partial charge in [0.15, 0.2) is 0 Å². The van der Waals surface area contributed by atoms with Crippen molar-refractivity contribution < 1.29 is 14.6 Å². The largest absolute Gasteiger partial charge is 0.497 e. The smallest absolute Gasteiger partial charge is 0.407 e. The molecule has 0 aromatic heterocycles. The molecule has 2 aliphatic rings. The van der Waals surface area contributed by atoms with Gasteiger partial charge in [0.25, 0.3) is 0 Å². The molecule has 0 saturated carbocycles. The van der Waals surface area contributed by atoms with Crippen LogP contribution >= 0.6 is 0 Å². The van der Waals surface area contributed by atoms with Crippen LogP contribution in [-0.4, -0.2) is 49.4 Å². The SMILES string of the molecule is COc1cccc(N2CC3CN(C(=O)O)CC3C2)c1. The van der Waals surface area contributed by atoms with E-state index in [9.17, 15) is 4.79 Å². The molecule has 2 unspecified atom stereocenters. The molecule has 2 atom stereocenters. The number of rotatable bonds is 2. The highest BCUT2D eigenvalue weighted by Gasteiger charge is 2.41. The standard InChI is InChI=1S/C14H18N2O3/c1-19-13-4-2-3-12(5-13)15-6-10-8-16(14(17)18)9-11(10)7-15/h2-5,10-11H,6-9H2,1H3,(H,17,18). The van der Waals surface area contributed by atoms with Crippen LogP contribution in [0.15, 0.2) is 24.3 Å². The molecule has 19 heavy (non-hydrogen) atoms. The molecule has 0 spiro atoms. The Morgan fingerprint density at radius 3 is 2.53 bits per heavy atom. The van der Waals surface area contributed by atoms with E-state index in [0.717, 1.165) is 24.5 Å². The van der Waals surface area contributed by atoms with Gasteiger partial charge >= 0.3 is 6.09 Å². The highest BCUT2D eigenvalue weighted by Crippen LogP contribution is 2.34. The molecule has 1 N–H and O–H groups in total. The van der Waals surface area contributed by atoms with Crippen molar-refractivity contribution >= 4 is 11.8 Å². The summed E-state index contributed by atoms with van der Waals surface area (Å²) in [6.45, 7) is 3.20. The summed E-state index contributed by atoms with van der Waals surface area (Å²) in [5.74, 6) is 1.78. The Labute approximate surface area is 112 Å². The first-order valence-corrected chi connectivity index (χ1v) is 6.54. The summed E-state index contributed by atoms with van der Waals surface area (Å²) in [4.78, 5) is 14.8. The molecule has 1 amide bonds. The number of anilines is 1. The molecular formula is C14H18N2O3. The number of benzene rings is 1. The van der Waals surface area contributed by atoms with Gasteiger partial charge in [-0.1, -0.05) is 6.07 Å². The van der Waals surface area contributed by atoms with E-state index >= 15 is 0 Å². The highest BCUT2D eigenvalue weighted by molar-refractivity contribution is 5.65. The van der Waals surface area contributed by atoms with Gasteiger partial charge in [-0.2, -0.15) is 0 Å². The predicted molar refractivity (Wildman–Crippen MR) is 71.8 cm³/mol. The second kappa shape index (κ2) is 4.64. The van der Waals surface area contributed by atoms with Crippen LogP contribution < -0.4 is 9.64 Å². The van der Waals surface area contributed by atoms with Crippen LogP contribution in [0.2, 0.25) is 0 Å². The second-order valence-corrected chi connectivity index (χ2v) is 5.31. The maximum Gasteiger partial charge on any atom is 0.407 e. The lowest BCUT2D eigenvalue weighted by Gasteiger charge is -2.22. The van der Waals surface area contributed by atoms with Gasteiger partial charge in [0.05, 0.1) is 7.11 Å². The third-order valence-electron chi connectivity index (χ3n) is 4.18. The van der Waals surface area contributed by atoms with Crippen LogP contribution in [0.5, 0.6) is 5.75 Å². The third kappa shape index (κ3) is 2.20. The zero-order valence-corrected chi connectivity index (χ0v) is 11.0. The van der Waals surface area contributed by atoms with Gasteiger partial charge in [0, 0.05) is 49.8 Å². The van der Waals surface area contributed by atoms with Crippen molar-refractivity contribution in [2.75, 3.05) is 38.2 Å². The summed E-state index contributed by atoms with van der Waals surface area (Å²) in [6.07, 6.45) is -0.790. The zero-order chi connectivity index (χ0) is 13.4. The molecule has 1 aromatic carbocycles. The van der Waals surface area contributed by atoms with E-state index in [4.69, 9.17) is 9.84 Å². The molecule has 1 aromatic rings. The van der Waals surface area contributed by atoms with E-state index in [1.165, 1.54) is 4.90 Å². The summed E-state index contributed by atoms with van der Waals surface area (Å²) < 4.78 is 5.24. The minimum atomic E-state index is -0.790. The minimum Gasteiger partial charge on any atom is -0.497 e. The van der Waals surface area contributed by atoms with E-state index < -0.39 is 6.09 Å². The molecule has 0 aliphatic carbocycles. The summed E-state index contributed by atoms with van der Waals surface area (Å²) in [7, 11) is 1.67. The summed E-state index contributed by atoms with van der Waals surface area (Å²) >= 11 is 0. The quantitative estimate of drug-likeness (QED) is 0.882. The average molecular weight is 262 g/mol. The van der Waals surface area contributed by atoms with E-state index in [1.54, 1.807) is 7.11 Å². The van der Waals surface area contributed by atoms with Crippen molar-refractivity contribution in [3.8, 4) is 5.75 Å². The second-order valence-electron chi connectivity index (χ2n) is 5.31. The topological polar surface area (TPSA) is 53.0 Å². The molecule has 5 heteroatoms. The molecule has 2 saturated heterocycles. The number of hydrogen-bond donors (Lipinski definition) is 1. The first-order chi connectivity index (χ1) is 9.17. The van der Waals surface area contributed by atoms with Crippen LogP contribution in [-0.2, 0) is 0 Å². The van der Waals surface area contributed by atoms with Gasteiger partial charge in [-0.3, -0.25) is 0 Å². The highest BCUT2D eigenvalue weighted by atomic mass is 16.5. The number of amides is 1. The van der Waals surface area contributed by atoms with E-state index in [0.29, 0.717) is 24.9 Å². The Kier molecular flexibility index (Phi) is 2.97. The number of likely N-dealkylation sites (tertiary alicyclic amines) is 1. The number of carboxylic acid groups (broad SMARTS) is 1. The normalized spacial score (nSPS) is 25.5. The van der Waals surface area contributed by atoms with Crippen molar-refractivity contribution in [3.63, 3.8) is 0 Å². The summed E-state index contributed by atoms with van der Waals surface area (Å²) in [6, 6.07) is 8.05. The van der Waals surface area contributed by atoms with Crippen LogP contribution in [0.3, 0.4) is 0 Å². The van der Waals surface area contributed by atoms with E-state index in [-0.39, 0.29) is 0 Å². The molecule has 102 valence electrons. The van der Waals surface area contributed by atoms with Crippen molar-refractivity contribution in [2.45, 2.75) is 0 Å². The van der Waals surface area contributed by atoms with Gasteiger partial charge in [-0.15, -0.1) is 0 Å². The van der Waals surface area contributed by atoms with Gasteiger partial charge < -0.3 is 19.6 Å². The van der Waals surface area contributed by atoms with Crippen molar-refractivity contribution in [3.05, 3.63) is 24.3 Å². The fourth-order valence-electron chi connectivity index (χ4n) is 3.17. The first kappa shape index (κ1) is 12.1. The number of fused-ring (bicyclic) bond motifs is 1. The lowest BCUT2D eigenvalue weighted by molar-refractivity contribution is 0.153. The Bertz CT molecular complexity index is 477. The Balaban J connectivity index is 1.69. The molecule has 2 fully saturated rings. The number of ether oxygens (including phenoxy) is 1. The van der Waals surface area contributed by atoms with E-state index in [2.05, 4.69) is 11.0 Å². The molecular weight excluding hydrogens is 244 g/mol. The maximum absolute atomic E-state index is 11.0. The fraction of sp³-hybridized carbons (Fsp3) is 0.500. The van der Waals surface area contributed by atoms with Crippen LogP contribution in [0.25, 0.3) is 0 Å². The van der Waals surface area contributed by atoms with Crippen LogP contribution in [0, 0.1) is 11.8 Å². The molecule has 5 nitrogen and oxygen atoms in total. The zero-order valence-electron chi connectivity index (χ0n) is 11.0. The van der Waals surface area contributed by atoms with E-state index in [1.807, 2.05) is 18.2 Å². The average Bonchev–Trinajstić information content (AvgIpc) is 2.96. The van der Waals surface area contributed by atoms with Crippen LogP contribution in [0.4, 0.5) is 10.5 Å². The van der Waals surface area contributed by atoms with Crippen LogP contribution in [0.1, 0.15) is 0 Å². The Morgan fingerprint density at radius 1 is 1.26 bits per heavy atom. The van der Waals surface area contributed by atoms with Gasteiger partial charge in [0.1, 0.15) is 5.75 Å². The summed E-state index contributed by atoms with van der Waals surface area (Å²) in [5, 5.41) is 9.02. The molecule has 2 heterocycles. The number of nitrogens with zero attached hydrogens (tertiary/aromatic N) is 2. The Morgan fingerprint density at radius 2 is 1.95 bits per heavy atom. The molecule has 2 aliphatic heterocycles. The number of methoxy groups -OCH3 is 1. The third-order valence-corrected chi connectivity index (χ3v) is 4.18. The van der Waals surface area contributed by atoms with Gasteiger partial charge in [0.2, 0.25) is 0 Å². The first-order valence-electron chi connectivity index (χ1n) is 6.54. The number of hydrogen-bond acceptors (Lipinski definition) is 3. The van der Waals surface area contributed by atoms with Gasteiger partial charge in [-0.25, -0.2) is 4.79 Å². The predicted octanol–water partition coefficient (Wildman–Crippen LogP) is 1.74. The Hall–Kier alpha value is -1.91. The summed E-state index contributed by atoms with van der Waals surface area (Å²) in [5.41, 5.74) is 1.16. The van der Waals surface area contributed by atoms with Gasteiger partial charge in [-0.05, 0) is 12.1 Å². The monoisotopic (exact) mass is 262 g/mol. The maximum atomic E-state index is 11.0. The van der Waals surface area contributed by atoms with Crippen molar-refractivity contribution in [1.29, 1.82) is 0 Å². The lowest BCUT2D eigenvalue weighted by Crippen LogP contribution is -2.32. The van der Waals surface area contributed by atoms with Crippen molar-refractivity contribution in [1.82, 2.24) is 4.90 Å². The molecule has 0 radical (unpaired) electrons. The number of carbonyl (C=O) groups is 1. The minimum absolute atomic E-state index is 0.460. The molecule has 0 bridgehead atoms. The molecule has 3 rings (SSSR count). The fourth-order valence-corrected chi connectivity index (χ4v) is 3.17.